The molecule has 2 bridgehead atoms. The van der Waals surface area contributed by atoms with E-state index in [0.717, 1.165) is 18.4 Å². The average Bonchev–Trinajstić information content (AvgIpc) is 2.91. The molecule has 8 heteroatoms. The molecule has 2 N–H and O–H groups in total. The Morgan fingerprint density at radius 1 is 0.842 bits per heavy atom. The lowest BCUT2D eigenvalue weighted by Crippen LogP contribution is -2.57. The zero-order valence-corrected chi connectivity index (χ0v) is 22.4. The number of piperidine rings is 2. The molecule has 8 nitrogen and oxygen atoms in total. The zero-order chi connectivity index (χ0) is 26.5. The highest BCUT2D eigenvalue weighted by atomic mass is 16.4. The number of rotatable bonds is 6. The molecule has 3 heterocycles. The molecule has 2 unspecified atom stereocenters. The predicted molar refractivity (Wildman–Crippen MR) is 148 cm³/mol. The number of carbonyl (C=O) groups is 1. The maximum absolute atomic E-state index is 13.9. The lowest BCUT2D eigenvalue weighted by atomic mass is 9.79. The first-order valence-corrected chi connectivity index (χ1v) is 14.8. The molecule has 3 aliphatic rings. The molecule has 1 aliphatic carbocycles. The Hall–Kier alpha value is -2.74. The van der Waals surface area contributed by atoms with Crippen molar-refractivity contribution in [3.8, 4) is 0 Å². The zero-order valence-electron chi connectivity index (χ0n) is 22.4. The third kappa shape index (κ3) is 5.80. The minimum atomic E-state index is -1.01. The standard InChI is InChI=1S/C30H42N4O4/c35-28(36)18-17-26(32-38)29-30(37)34(27-16-9-8-15-25(27)31-29)24-19-22-13-10-14-23(20-24)33(22)21-11-6-4-2-1-3-5-7-12-21/h8-9,15-16,21-24,38H,1-7,10-14,17-20H2,(H,35,36)/b32-26+. The first-order chi connectivity index (χ1) is 18.6. The molecule has 0 spiro atoms. The second-order valence-corrected chi connectivity index (χ2v) is 11.6. The van der Waals surface area contributed by atoms with Gasteiger partial charge in [0.05, 0.1) is 17.5 Å². The van der Waals surface area contributed by atoms with E-state index >= 15 is 0 Å². The Morgan fingerprint density at radius 3 is 2.08 bits per heavy atom. The molecule has 1 saturated carbocycles. The molecule has 1 aromatic carbocycles. The molecule has 2 atom stereocenters. The quantitative estimate of drug-likeness (QED) is 0.278. The third-order valence-electron chi connectivity index (χ3n) is 9.13. The lowest BCUT2D eigenvalue weighted by Gasteiger charge is -2.53. The highest BCUT2D eigenvalue weighted by Gasteiger charge is 2.42. The van der Waals surface area contributed by atoms with Gasteiger partial charge in [0.25, 0.3) is 5.56 Å². The Balaban J connectivity index is 1.47. The van der Waals surface area contributed by atoms with Gasteiger partial charge in [-0.2, -0.15) is 0 Å². The fourth-order valence-electron chi connectivity index (χ4n) is 7.43. The minimum absolute atomic E-state index is 0.0380. The number of carboxylic acid groups (broad SMARTS) is 1. The second kappa shape index (κ2) is 12.4. The molecule has 206 valence electrons. The van der Waals surface area contributed by atoms with E-state index in [1.807, 2.05) is 28.8 Å². The van der Waals surface area contributed by atoms with Crippen molar-refractivity contribution in [3.63, 3.8) is 0 Å². The highest BCUT2D eigenvalue weighted by molar-refractivity contribution is 6.00. The molecule has 2 aliphatic heterocycles. The molecular formula is C30H42N4O4. The van der Waals surface area contributed by atoms with Gasteiger partial charge in [-0.15, -0.1) is 0 Å². The summed E-state index contributed by atoms with van der Waals surface area (Å²) in [7, 11) is 0. The van der Waals surface area contributed by atoms with Crippen LogP contribution in [0.3, 0.4) is 0 Å². The summed E-state index contributed by atoms with van der Waals surface area (Å²) < 4.78 is 1.89. The number of hydrogen-bond donors (Lipinski definition) is 2. The first-order valence-electron chi connectivity index (χ1n) is 14.8. The van der Waals surface area contributed by atoms with Crippen LogP contribution in [0.15, 0.2) is 34.2 Å². The summed E-state index contributed by atoms with van der Waals surface area (Å²) in [6.45, 7) is 0. The van der Waals surface area contributed by atoms with E-state index in [1.54, 1.807) is 0 Å². The molecule has 3 fully saturated rings. The van der Waals surface area contributed by atoms with Gasteiger partial charge < -0.3 is 14.9 Å². The largest absolute Gasteiger partial charge is 0.481 e. The normalized spacial score (nSPS) is 26.3. The average molecular weight is 523 g/mol. The van der Waals surface area contributed by atoms with Gasteiger partial charge in [-0.25, -0.2) is 4.98 Å². The Labute approximate surface area is 224 Å². The van der Waals surface area contributed by atoms with Gasteiger partial charge in [-0.1, -0.05) is 68.7 Å². The van der Waals surface area contributed by atoms with Gasteiger partial charge in [0.2, 0.25) is 0 Å². The van der Waals surface area contributed by atoms with Crippen molar-refractivity contribution in [1.29, 1.82) is 0 Å². The fraction of sp³-hybridized carbons (Fsp3) is 0.667. The predicted octanol–water partition coefficient (Wildman–Crippen LogP) is 5.89. The molecule has 5 rings (SSSR count). The summed E-state index contributed by atoms with van der Waals surface area (Å²) in [6.07, 6.45) is 17.2. The summed E-state index contributed by atoms with van der Waals surface area (Å²) in [5.41, 5.74) is 1.28. The van der Waals surface area contributed by atoms with Gasteiger partial charge in [-0.3, -0.25) is 14.5 Å². The number of benzene rings is 1. The van der Waals surface area contributed by atoms with Crippen molar-refractivity contribution in [3.05, 3.63) is 40.3 Å². The van der Waals surface area contributed by atoms with E-state index in [4.69, 9.17) is 5.11 Å². The van der Waals surface area contributed by atoms with E-state index < -0.39 is 5.97 Å². The van der Waals surface area contributed by atoms with E-state index in [1.165, 1.54) is 77.0 Å². The second-order valence-electron chi connectivity index (χ2n) is 11.6. The number of carboxylic acids is 1. The van der Waals surface area contributed by atoms with Crippen molar-refractivity contribution < 1.29 is 15.1 Å². The van der Waals surface area contributed by atoms with Crippen molar-refractivity contribution in [1.82, 2.24) is 14.5 Å². The summed E-state index contributed by atoms with van der Waals surface area (Å²) in [4.78, 5) is 32.5. The molecule has 38 heavy (non-hydrogen) atoms. The van der Waals surface area contributed by atoms with Gasteiger partial charge >= 0.3 is 5.97 Å². The van der Waals surface area contributed by atoms with Crippen molar-refractivity contribution in [2.45, 2.75) is 127 Å². The molecule has 2 saturated heterocycles. The van der Waals surface area contributed by atoms with Gasteiger partial charge in [-0.05, 0) is 50.7 Å². The summed E-state index contributed by atoms with van der Waals surface area (Å²) in [5.74, 6) is -1.01. The van der Waals surface area contributed by atoms with Crippen molar-refractivity contribution in [2.24, 2.45) is 5.16 Å². The van der Waals surface area contributed by atoms with Crippen molar-refractivity contribution >= 4 is 22.7 Å². The summed E-state index contributed by atoms with van der Waals surface area (Å²) >= 11 is 0. The van der Waals surface area contributed by atoms with E-state index in [2.05, 4.69) is 15.0 Å². The topological polar surface area (TPSA) is 108 Å². The first kappa shape index (κ1) is 26.9. The number of para-hydroxylation sites is 2. The lowest BCUT2D eigenvalue weighted by molar-refractivity contribution is -0.136. The molecule has 0 amide bonds. The molecule has 1 aromatic heterocycles. The van der Waals surface area contributed by atoms with Gasteiger partial charge in [0, 0.05) is 30.6 Å². The molecular weight excluding hydrogens is 480 g/mol. The third-order valence-corrected chi connectivity index (χ3v) is 9.13. The number of oxime groups is 1. The van der Waals surface area contributed by atoms with Crippen molar-refractivity contribution in [2.75, 3.05) is 0 Å². The smallest absolute Gasteiger partial charge is 0.303 e. The number of aliphatic carboxylic acids is 1. The number of fused-ring (bicyclic) bond motifs is 3. The number of hydrogen-bond acceptors (Lipinski definition) is 6. The van der Waals surface area contributed by atoms with E-state index in [0.29, 0.717) is 23.6 Å². The van der Waals surface area contributed by atoms with Gasteiger partial charge in [0.15, 0.2) is 5.69 Å². The van der Waals surface area contributed by atoms with Crippen LogP contribution in [-0.2, 0) is 4.79 Å². The van der Waals surface area contributed by atoms with Crippen LogP contribution in [0.5, 0.6) is 0 Å². The molecule has 0 radical (unpaired) electrons. The van der Waals surface area contributed by atoms with Crippen LogP contribution in [0.25, 0.3) is 11.0 Å². The Kier molecular flexibility index (Phi) is 8.77. The highest BCUT2D eigenvalue weighted by Crippen LogP contribution is 2.42. The van der Waals surface area contributed by atoms with Crippen LogP contribution in [0.2, 0.25) is 0 Å². The van der Waals surface area contributed by atoms with Crippen LogP contribution in [0.1, 0.15) is 114 Å². The summed E-state index contributed by atoms with van der Waals surface area (Å²) in [5, 5.41) is 22.1. The van der Waals surface area contributed by atoms with E-state index in [9.17, 15) is 14.8 Å². The van der Waals surface area contributed by atoms with Gasteiger partial charge in [0.1, 0.15) is 5.71 Å². The van der Waals surface area contributed by atoms with Crippen LogP contribution >= 0.6 is 0 Å². The van der Waals surface area contributed by atoms with Crippen LogP contribution < -0.4 is 5.56 Å². The van der Waals surface area contributed by atoms with E-state index in [-0.39, 0.29) is 35.8 Å². The maximum atomic E-state index is 13.9. The Bertz CT molecular complexity index is 1180. The summed E-state index contributed by atoms with van der Waals surface area (Å²) in [6, 6.07) is 9.27. The SMILES string of the molecule is O=C(O)CC/C(=N\O)c1nc2ccccc2n(C2CC3CCCC(C2)N3C2CCCCCCCCC2)c1=O. The maximum Gasteiger partial charge on any atom is 0.303 e. The van der Waals surface area contributed by atoms with Crippen LogP contribution in [0, 0.1) is 0 Å². The number of aromatic nitrogens is 2. The van der Waals surface area contributed by atoms with Crippen LogP contribution in [-0.4, -0.2) is 54.6 Å². The monoisotopic (exact) mass is 522 g/mol. The van der Waals surface area contributed by atoms with Crippen LogP contribution in [0.4, 0.5) is 0 Å². The minimum Gasteiger partial charge on any atom is -0.481 e. The molecule has 2 aromatic rings. The number of nitrogens with zero attached hydrogens (tertiary/aromatic N) is 4. The fourth-order valence-corrected chi connectivity index (χ4v) is 7.43. The Morgan fingerprint density at radius 2 is 1.45 bits per heavy atom.